The summed E-state index contributed by atoms with van der Waals surface area (Å²) in [6, 6.07) is 7.02. The van der Waals surface area contributed by atoms with Gasteiger partial charge in [-0.05, 0) is 44.0 Å². The smallest absolute Gasteiger partial charge is 0.319 e. The number of ketones is 1. The molecule has 84 valence electrons. The predicted octanol–water partition coefficient (Wildman–Crippen LogP) is 2.17. The molecule has 16 heavy (non-hydrogen) atoms. The summed E-state index contributed by atoms with van der Waals surface area (Å²) >= 11 is 0. The molecular weight excluding hydrogens is 204 g/mol. The Bertz CT molecular complexity index is 408. The van der Waals surface area contributed by atoms with E-state index >= 15 is 0 Å². The summed E-state index contributed by atoms with van der Waals surface area (Å²) in [5, 5.41) is 5.54. The van der Waals surface area contributed by atoms with Gasteiger partial charge in [0.2, 0.25) is 0 Å². The highest BCUT2D eigenvalue weighted by molar-refractivity contribution is 5.95. The Morgan fingerprint density at radius 2 is 1.81 bits per heavy atom. The Kier molecular flexibility index (Phi) is 2.90. The van der Waals surface area contributed by atoms with Crippen LogP contribution in [0.4, 0.5) is 10.5 Å². The summed E-state index contributed by atoms with van der Waals surface area (Å²) in [5.74, 6) is 0.0222. The predicted molar refractivity (Wildman–Crippen MR) is 61.6 cm³/mol. The van der Waals surface area contributed by atoms with Crippen LogP contribution in [-0.2, 0) is 0 Å². The molecule has 0 aliphatic heterocycles. The monoisotopic (exact) mass is 218 g/mol. The van der Waals surface area contributed by atoms with E-state index in [-0.39, 0.29) is 11.8 Å². The van der Waals surface area contributed by atoms with Gasteiger partial charge >= 0.3 is 6.03 Å². The molecule has 1 aliphatic carbocycles. The minimum Gasteiger partial charge on any atom is -0.335 e. The molecule has 0 unspecified atom stereocenters. The van der Waals surface area contributed by atoms with Crippen molar-refractivity contribution in [2.75, 3.05) is 5.32 Å². The molecule has 0 saturated heterocycles. The first-order chi connectivity index (χ1) is 7.65. The fourth-order valence-electron chi connectivity index (χ4n) is 1.37. The third-order valence-corrected chi connectivity index (χ3v) is 2.46. The van der Waals surface area contributed by atoms with Crippen LogP contribution in [0.3, 0.4) is 0 Å². The maximum atomic E-state index is 11.4. The Labute approximate surface area is 94.0 Å². The molecule has 0 atom stereocenters. The van der Waals surface area contributed by atoms with Crippen molar-refractivity contribution in [1.29, 1.82) is 0 Å². The van der Waals surface area contributed by atoms with Gasteiger partial charge in [-0.15, -0.1) is 0 Å². The fourth-order valence-corrected chi connectivity index (χ4v) is 1.37. The highest BCUT2D eigenvalue weighted by Gasteiger charge is 2.23. The average molecular weight is 218 g/mol. The molecule has 0 aromatic heterocycles. The van der Waals surface area contributed by atoms with Crippen LogP contribution in [0.5, 0.6) is 0 Å². The van der Waals surface area contributed by atoms with Crippen LogP contribution >= 0.6 is 0 Å². The molecule has 1 saturated carbocycles. The van der Waals surface area contributed by atoms with Gasteiger partial charge in [0.1, 0.15) is 0 Å². The topological polar surface area (TPSA) is 58.2 Å². The van der Waals surface area contributed by atoms with E-state index < -0.39 is 0 Å². The van der Waals surface area contributed by atoms with Crippen LogP contribution in [0.1, 0.15) is 30.1 Å². The maximum Gasteiger partial charge on any atom is 0.319 e. The molecule has 1 aromatic rings. The number of benzene rings is 1. The van der Waals surface area contributed by atoms with Gasteiger partial charge in [0, 0.05) is 17.3 Å². The first-order valence-electron chi connectivity index (χ1n) is 5.33. The summed E-state index contributed by atoms with van der Waals surface area (Å²) in [7, 11) is 0. The molecule has 4 nitrogen and oxygen atoms in total. The van der Waals surface area contributed by atoms with Gasteiger partial charge in [-0.1, -0.05) is 0 Å². The lowest BCUT2D eigenvalue weighted by molar-refractivity contribution is 0.101. The van der Waals surface area contributed by atoms with Crippen LogP contribution in [0, 0.1) is 0 Å². The normalized spacial score (nSPS) is 14.3. The second kappa shape index (κ2) is 4.35. The fraction of sp³-hybridized carbons (Fsp3) is 0.333. The highest BCUT2D eigenvalue weighted by Crippen LogP contribution is 2.18. The number of Topliss-reactive ketones (excluding diaryl/α,β-unsaturated/α-hetero) is 1. The van der Waals surface area contributed by atoms with E-state index in [1.807, 2.05) is 0 Å². The van der Waals surface area contributed by atoms with Gasteiger partial charge in [0.25, 0.3) is 0 Å². The maximum absolute atomic E-state index is 11.4. The molecule has 4 heteroatoms. The standard InChI is InChI=1S/C12H14N2O2/c1-8(15)9-2-4-10(5-3-9)13-12(16)14-11-6-7-11/h2-5,11H,6-7H2,1H3,(H2,13,14,16). The second-order valence-electron chi connectivity index (χ2n) is 4.01. The molecular formula is C12H14N2O2. The van der Waals surface area contributed by atoms with Crippen molar-refractivity contribution in [2.24, 2.45) is 0 Å². The van der Waals surface area contributed by atoms with E-state index in [2.05, 4.69) is 10.6 Å². The average Bonchev–Trinajstić information content (AvgIpc) is 3.02. The zero-order valence-corrected chi connectivity index (χ0v) is 9.12. The first kappa shape index (κ1) is 10.7. The molecule has 2 N–H and O–H groups in total. The molecule has 2 amide bonds. The summed E-state index contributed by atoms with van der Waals surface area (Å²) in [4.78, 5) is 22.4. The van der Waals surface area contributed by atoms with Gasteiger partial charge in [-0.2, -0.15) is 0 Å². The molecule has 2 rings (SSSR count). The lowest BCUT2D eigenvalue weighted by Crippen LogP contribution is -2.30. The lowest BCUT2D eigenvalue weighted by atomic mass is 10.1. The Morgan fingerprint density at radius 1 is 1.19 bits per heavy atom. The van der Waals surface area contributed by atoms with Gasteiger partial charge in [0.15, 0.2) is 5.78 Å². The third-order valence-electron chi connectivity index (χ3n) is 2.46. The van der Waals surface area contributed by atoms with Gasteiger partial charge in [-0.3, -0.25) is 4.79 Å². The van der Waals surface area contributed by atoms with E-state index in [9.17, 15) is 9.59 Å². The van der Waals surface area contributed by atoms with Crippen molar-refractivity contribution < 1.29 is 9.59 Å². The van der Waals surface area contributed by atoms with E-state index in [1.54, 1.807) is 24.3 Å². The number of amides is 2. The minimum absolute atomic E-state index is 0.0222. The summed E-state index contributed by atoms with van der Waals surface area (Å²) in [6.45, 7) is 1.52. The van der Waals surface area contributed by atoms with Gasteiger partial charge < -0.3 is 10.6 Å². The van der Waals surface area contributed by atoms with Crippen LogP contribution < -0.4 is 10.6 Å². The number of rotatable bonds is 3. The Morgan fingerprint density at radius 3 is 2.31 bits per heavy atom. The van der Waals surface area contributed by atoms with Crippen molar-refractivity contribution in [3.63, 3.8) is 0 Å². The zero-order chi connectivity index (χ0) is 11.5. The molecule has 0 heterocycles. The number of hydrogen-bond donors (Lipinski definition) is 2. The molecule has 1 fully saturated rings. The van der Waals surface area contributed by atoms with Crippen molar-refractivity contribution >= 4 is 17.5 Å². The van der Waals surface area contributed by atoms with Crippen molar-refractivity contribution in [1.82, 2.24) is 5.32 Å². The number of carbonyl (C=O) groups excluding carboxylic acids is 2. The Hall–Kier alpha value is -1.84. The number of hydrogen-bond acceptors (Lipinski definition) is 2. The highest BCUT2D eigenvalue weighted by atomic mass is 16.2. The van der Waals surface area contributed by atoms with Crippen molar-refractivity contribution in [3.8, 4) is 0 Å². The quantitative estimate of drug-likeness (QED) is 0.764. The summed E-state index contributed by atoms with van der Waals surface area (Å²) < 4.78 is 0. The number of carbonyl (C=O) groups is 2. The number of urea groups is 1. The largest absolute Gasteiger partial charge is 0.335 e. The van der Waals surface area contributed by atoms with Crippen LogP contribution in [0.2, 0.25) is 0 Å². The Balaban J connectivity index is 1.93. The van der Waals surface area contributed by atoms with E-state index in [1.165, 1.54) is 6.92 Å². The van der Waals surface area contributed by atoms with Crippen molar-refractivity contribution in [2.45, 2.75) is 25.8 Å². The molecule has 0 spiro atoms. The number of anilines is 1. The van der Waals surface area contributed by atoms with Crippen LogP contribution in [0.25, 0.3) is 0 Å². The second-order valence-corrected chi connectivity index (χ2v) is 4.01. The lowest BCUT2D eigenvalue weighted by Gasteiger charge is -2.06. The molecule has 0 radical (unpaired) electrons. The molecule has 1 aliphatic rings. The summed E-state index contributed by atoms with van der Waals surface area (Å²) in [5.41, 5.74) is 1.34. The van der Waals surface area contributed by atoms with Crippen LogP contribution in [0.15, 0.2) is 24.3 Å². The van der Waals surface area contributed by atoms with E-state index in [0.29, 0.717) is 17.3 Å². The van der Waals surface area contributed by atoms with Crippen molar-refractivity contribution in [3.05, 3.63) is 29.8 Å². The van der Waals surface area contributed by atoms with Crippen LogP contribution in [-0.4, -0.2) is 17.9 Å². The molecule has 0 bridgehead atoms. The van der Waals surface area contributed by atoms with E-state index in [0.717, 1.165) is 12.8 Å². The van der Waals surface area contributed by atoms with E-state index in [4.69, 9.17) is 0 Å². The third kappa shape index (κ3) is 2.82. The first-order valence-corrected chi connectivity index (χ1v) is 5.33. The zero-order valence-electron chi connectivity index (χ0n) is 9.12. The van der Waals surface area contributed by atoms with Gasteiger partial charge in [0.05, 0.1) is 0 Å². The number of nitrogens with one attached hydrogen (secondary N) is 2. The minimum atomic E-state index is -0.182. The summed E-state index contributed by atoms with van der Waals surface area (Å²) in [6.07, 6.45) is 2.13. The SMILES string of the molecule is CC(=O)c1ccc(NC(=O)NC2CC2)cc1. The molecule has 1 aromatic carbocycles. The van der Waals surface area contributed by atoms with Gasteiger partial charge in [-0.25, -0.2) is 4.79 Å².